The van der Waals surface area contributed by atoms with Crippen LogP contribution in [-0.2, 0) is 39.7 Å². The first kappa shape index (κ1) is 38.6. The van der Waals surface area contributed by atoms with Gasteiger partial charge in [-0.15, -0.1) is 0 Å². The van der Waals surface area contributed by atoms with Gasteiger partial charge in [-0.1, -0.05) is 72.9 Å². The minimum absolute atomic E-state index is 0.0754. The molecule has 1 aliphatic carbocycles. The topological polar surface area (TPSA) is 142 Å². The smallest absolute Gasteiger partial charge is 0.295 e. The minimum Gasteiger partial charge on any atom is -0.492 e. The second-order valence-electron chi connectivity index (χ2n) is 14.9. The predicted octanol–water partition coefficient (Wildman–Crippen LogP) is 7.66. The first-order valence-electron chi connectivity index (χ1n) is 18.0. The van der Waals surface area contributed by atoms with Gasteiger partial charge in [-0.2, -0.15) is 16.8 Å². The molecule has 0 bridgehead atoms. The van der Waals surface area contributed by atoms with Gasteiger partial charge in [0.05, 0.1) is 12.2 Å². The van der Waals surface area contributed by atoms with Crippen molar-refractivity contribution in [2.75, 3.05) is 27.2 Å². The molecule has 2 N–H and O–H groups in total. The lowest BCUT2D eigenvalue weighted by atomic mass is 9.87. The Morgan fingerprint density at radius 3 is 1.96 bits per heavy atom. The van der Waals surface area contributed by atoms with Crippen molar-refractivity contribution in [3.8, 4) is 28.0 Å². The van der Waals surface area contributed by atoms with E-state index < -0.39 is 25.1 Å². The lowest BCUT2D eigenvalue weighted by Gasteiger charge is -2.32. The van der Waals surface area contributed by atoms with Crippen molar-refractivity contribution < 1.29 is 35.5 Å². The Morgan fingerprint density at radius 1 is 0.774 bits per heavy atom. The van der Waals surface area contributed by atoms with Crippen molar-refractivity contribution in [1.29, 1.82) is 0 Å². The highest BCUT2D eigenvalue weighted by atomic mass is 32.2. The van der Waals surface area contributed by atoms with Crippen LogP contribution in [0.25, 0.3) is 22.3 Å². The molecule has 0 radical (unpaired) electrons. The van der Waals surface area contributed by atoms with Crippen LogP contribution in [-0.4, -0.2) is 68.9 Å². The molecule has 0 spiro atoms. The van der Waals surface area contributed by atoms with Gasteiger partial charge in [0.15, 0.2) is 0 Å². The average Bonchev–Trinajstić information content (AvgIpc) is 3.09. The van der Waals surface area contributed by atoms with E-state index >= 15 is 4.79 Å². The first-order valence-corrected chi connectivity index (χ1v) is 20.9. The fourth-order valence-corrected chi connectivity index (χ4v) is 9.13. The number of carbonyl (C=O) groups excluding carboxylic acids is 1. The second-order valence-corrected chi connectivity index (χ2v) is 17.7. The van der Waals surface area contributed by atoms with Gasteiger partial charge in [-0.25, -0.2) is 0 Å². The maximum Gasteiger partial charge on any atom is 0.295 e. The average molecular weight is 761 g/mol. The summed E-state index contributed by atoms with van der Waals surface area (Å²) in [7, 11) is -5.47. The van der Waals surface area contributed by atoms with Crippen LogP contribution in [0.3, 0.4) is 0 Å². The molecule has 10 nitrogen and oxygen atoms in total. The van der Waals surface area contributed by atoms with E-state index in [1.165, 1.54) is 23.3 Å². The van der Waals surface area contributed by atoms with Crippen molar-refractivity contribution in [3.05, 3.63) is 99.6 Å². The molecule has 1 heterocycles. The number of benzene rings is 4. The summed E-state index contributed by atoms with van der Waals surface area (Å²) < 4.78 is 78.9. The number of nitrogens with zero attached hydrogens (tertiary/aromatic N) is 2. The lowest BCUT2D eigenvalue weighted by Crippen LogP contribution is -2.36. The molecule has 1 saturated carbocycles. The number of carbonyl (C=O) groups is 1. The predicted molar refractivity (Wildman–Crippen MR) is 206 cm³/mol. The monoisotopic (exact) mass is 760 g/mol. The third kappa shape index (κ3) is 8.52. The van der Waals surface area contributed by atoms with Crippen LogP contribution in [0.5, 0.6) is 5.75 Å². The molecule has 6 rings (SSSR count). The van der Waals surface area contributed by atoms with E-state index in [0.29, 0.717) is 48.4 Å². The van der Waals surface area contributed by atoms with Gasteiger partial charge >= 0.3 is 0 Å². The van der Waals surface area contributed by atoms with E-state index in [1.807, 2.05) is 14.1 Å². The van der Waals surface area contributed by atoms with Crippen molar-refractivity contribution >= 4 is 26.1 Å². The number of rotatable bonds is 10. The van der Waals surface area contributed by atoms with E-state index in [0.717, 1.165) is 44.2 Å². The molecule has 0 saturated heterocycles. The fraction of sp³-hybridized carbons (Fsp3) is 0.390. The van der Waals surface area contributed by atoms with E-state index in [-0.39, 0.29) is 44.7 Å². The number of ether oxygens (including phenoxy) is 1. The highest BCUT2D eigenvalue weighted by Gasteiger charge is 2.33. The Balaban J connectivity index is 1.61. The zero-order valence-electron chi connectivity index (χ0n) is 31.0. The molecule has 4 aromatic carbocycles. The molecule has 0 aromatic heterocycles. The van der Waals surface area contributed by atoms with Gasteiger partial charge in [0.2, 0.25) is 0 Å². The van der Waals surface area contributed by atoms with E-state index in [4.69, 9.17) is 4.74 Å². The highest BCUT2D eigenvalue weighted by molar-refractivity contribution is 7.86. The highest BCUT2D eigenvalue weighted by Crippen LogP contribution is 2.45. The maximum atomic E-state index is 15.1. The van der Waals surface area contributed by atoms with Gasteiger partial charge in [0, 0.05) is 36.3 Å². The van der Waals surface area contributed by atoms with Gasteiger partial charge < -0.3 is 14.5 Å². The Morgan fingerprint density at radius 2 is 1.38 bits per heavy atom. The van der Waals surface area contributed by atoms with Crippen molar-refractivity contribution in [1.82, 2.24) is 9.80 Å². The second kappa shape index (κ2) is 15.3. The van der Waals surface area contributed by atoms with Crippen LogP contribution >= 0.6 is 0 Å². The summed E-state index contributed by atoms with van der Waals surface area (Å²) in [6, 6.07) is 16.9. The van der Waals surface area contributed by atoms with Gasteiger partial charge in [-0.3, -0.25) is 13.9 Å². The van der Waals surface area contributed by atoms with Crippen LogP contribution < -0.4 is 4.74 Å². The van der Waals surface area contributed by atoms with Crippen molar-refractivity contribution in [2.45, 2.75) is 82.2 Å². The molecule has 282 valence electrons. The quantitative estimate of drug-likeness (QED) is 0.156. The molecule has 12 heteroatoms. The summed E-state index contributed by atoms with van der Waals surface area (Å²) in [6.07, 6.45) is 5.82. The summed E-state index contributed by atoms with van der Waals surface area (Å²) in [5.41, 5.74) is 6.10. The number of hydrogen-bond acceptors (Lipinski definition) is 7. The standard InChI is InChI=1S/C41H48N2O8S2/c1-26-11-15-37(52(45,46)47)34(19-26)33-22-36(35-20-27(2)12-16-38(35)53(48,49)50)39(40(28(33)3)51-25-29-9-7-6-8-10-29)41(44)43-18-17-31-21-30(23-42(4)5)13-14-32(31)24-43/h11-16,19-22,29H,6-10,17-18,23-25H2,1-5H3,(H,45,46,47)(H,48,49,50). The molecular formula is C41H48N2O8S2. The van der Waals surface area contributed by atoms with Gasteiger partial charge in [-0.05, 0) is 106 Å². The third-order valence-corrected chi connectivity index (χ3v) is 12.2. The molecule has 1 aliphatic heterocycles. The van der Waals surface area contributed by atoms with E-state index in [2.05, 4.69) is 23.1 Å². The number of aryl methyl sites for hydroxylation is 2. The molecule has 53 heavy (non-hydrogen) atoms. The Hall–Kier alpha value is -4.07. The summed E-state index contributed by atoms with van der Waals surface area (Å²) in [5.74, 6) is 0.0697. The third-order valence-electron chi connectivity index (χ3n) is 10.4. The van der Waals surface area contributed by atoms with Crippen molar-refractivity contribution in [2.24, 2.45) is 5.92 Å². The largest absolute Gasteiger partial charge is 0.492 e. The zero-order valence-corrected chi connectivity index (χ0v) is 32.6. The molecule has 0 unspecified atom stereocenters. The molecule has 1 amide bonds. The maximum absolute atomic E-state index is 15.1. The van der Waals surface area contributed by atoms with Gasteiger partial charge in [0.25, 0.3) is 26.1 Å². The summed E-state index contributed by atoms with van der Waals surface area (Å²) in [6.45, 7) is 7.14. The number of hydrogen-bond donors (Lipinski definition) is 2. The van der Waals surface area contributed by atoms with E-state index in [9.17, 15) is 25.9 Å². The lowest BCUT2D eigenvalue weighted by molar-refractivity contribution is 0.0729. The minimum atomic E-state index is -4.79. The molecule has 4 aromatic rings. The summed E-state index contributed by atoms with van der Waals surface area (Å²) >= 11 is 0. The Labute approximate surface area is 313 Å². The first-order chi connectivity index (χ1) is 25.0. The molecular weight excluding hydrogens is 713 g/mol. The normalized spacial score (nSPS) is 15.4. The zero-order chi connectivity index (χ0) is 38.2. The van der Waals surface area contributed by atoms with Crippen molar-refractivity contribution in [3.63, 3.8) is 0 Å². The Bertz CT molecular complexity index is 2280. The Kier molecular flexibility index (Phi) is 11.2. The number of fused-ring (bicyclic) bond motifs is 1. The summed E-state index contributed by atoms with van der Waals surface area (Å²) in [5, 5.41) is 0. The summed E-state index contributed by atoms with van der Waals surface area (Å²) in [4.78, 5) is 18.2. The van der Waals surface area contributed by atoms with Crippen LogP contribution in [0.1, 0.15) is 75.8 Å². The van der Waals surface area contributed by atoms with Crippen LogP contribution in [0.4, 0.5) is 0 Å². The molecule has 0 atom stereocenters. The van der Waals surface area contributed by atoms with E-state index in [1.54, 1.807) is 56.0 Å². The molecule has 2 aliphatic rings. The fourth-order valence-electron chi connectivity index (χ4n) is 7.76. The van der Waals surface area contributed by atoms with Crippen LogP contribution in [0, 0.1) is 26.7 Å². The SMILES string of the molecule is Cc1ccc(S(=O)(=O)O)c(-c2cc(-c3cc(C)ccc3S(=O)(=O)O)c(C(=O)N3CCc4cc(CN(C)C)ccc4C3)c(OCC3CCCCC3)c2C)c1. The number of amides is 1. The van der Waals surface area contributed by atoms with Crippen LogP contribution in [0.15, 0.2) is 70.5 Å². The van der Waals surface area contributed by atoms with Gasteiger partial charge in [0.1, 0.15) is 15.5 Å². The van der Waals surface area contributed by atoms with Crippen LogP contribution in [0.2, 0.25) is 0 Å². The molecule has 1 fully saturated rings.